The topological polar surface area (TPSA) is 29.1 Å². The number of rotatable bonds is 5. The van der Waals surface area contributed by atoms with Crippen molar-refractivity contribution in [1.29, 1.82) is 0 Å². The first kappa shape index (κ1) is 8.31. The van der Waals surface area contributed by atoms with Crippen LogP contribution in [0.2, 0.25) is 0 Å². The SMILES string of the molecule is [2H]C/C=C\CCCC(=O)NCC. The van der Waals surface area contributed by atoms with Crippen molar-refractivity contribution in [3.63, 3.8) is 0 Å². The molecular weight excluding hydrogens is 138 g/mol. The Morgan fingerprint density at radius 1 is 1.73 bits per heavy atom. The maximum atomic E-state index is 10.9. The molecule has 0 spiro atoms. The predicted octanol–water partition coefficient (Wildman–Crippen LogP) is 1.87. The zero-order valence-corrected chi connectivity index (χ0v) is 7.10. The average molecular weight is 156 g/mol. The van der Waals surface area contributed by atoms with E-state index >= 15 is 0 Å². The molecule has 0 aliphatic rings. The van der Waals surface area contributed by atoms with Crippen LogP contribution in [0.25, 0.3) is 0 Å². The Labute approximate surface area is 70.1 Å². The maximum absolute atomic E-state index is 10.9. The predicted molar refractivity (Wildman–Crippen MR) is 47.3 cm³/mol. The quantitative estimate of drug-likeness (QED) is 0.478. The lowest BCUT2D eigenvalue weighted by atomic mass is 10.2. The highest BCUT2D eigenvalue weighted by atomic mass is 16.1. The Hall–Kier alpha value is -0.790. The minimum atomic E-state index is 0.122. The van der Waals surface area contributed by atoms with Crippen LogP contribution >= 0.6 is 0 Å². The highest BCUT2D eigenvalue weighted by Gasteiger charge is 1.95. The van der Waals surface area contributed by atoms with Crippen LogP contribution in [-0.4, -0.2) is 12.5 Å². The third-order valence-corrected chi connectivity index (χ3v) is 1.32. The summed E-state index contributed by atoms with van der Waals surface area (Å²) < 4.78 is 6.82. The van der Waals surface area contributed by atoms with E-state index < -0.39 is 0 Å². The molecule has 0 unspecified atom stereocenters. The number of unbranched alkanes of at least 4 members (excludes halogenated alkanes) is 1. The smallest absolute Gasteiger partial charge is 0.219 e. The van der Waals surface area contributed by atoms with Gasteiger partial charge in [0.1, 0.15) is 0 Å². The monoisotopic (exact) mass is 156 g/mol. The molecule has 0 aromatic carbocycles. The maximum Gasteiger partial charge on any atom is 0.219 e. The number of carbonyl (C=O) groups is 1. The molecule has 0 atom stereocenters. The summed E-state index contributed by atoms with van der Waals surface area (Å²) in [6.45, 7) is 2.96. The highest BCUT2D eigenvalue weighted by molar-refractivity contribution is 5.75. The molecule has 0 saturated carbocycles. The molecule has 1 amide bonds. The van der Waals surface area contributed by atoms with E-state index in [0.717, 1.165) is 12.8 Å². The van der Waals surface area contributed by atoms with Crippen LogP contribution in [0.5, 0.6) is 0 Å². The Bertz CT molecular complexity index is 145. The number of hydrogen-bond acceptors (Lipinski definition) is 1. The summed E-state index contributed by atoms with van der Waals surface area (Å²) >= 11 is 0. The fraction of sp³-hybridized carbons (Fsp3) is 0.667. The highest BCUT2D eigenvalue weighted by Crippen LogP contribution is 1.95. The summed E-state index contributed by atoms with van der Waals surface area (Å²) in [4.78, 5) is 10.9. The molecule has 1 N–H and O–H groups in total. The fourth-order valence-corrected chi connectivity index (χ4v) is 0.784. The number of allylic oxidation sites excluding steroid dienone is 2. The lowest BCUT2D eigenvalue weighted by Gasteiger charge is -1.98. The molecule has 11 heavy (non-hydrogen) atoms. The van der Waals surface area contributed by atoms with E-state index in [1.165, 1.54) is 0 Å². The lowest BCUT2D eigenvalue weighted by Crippen LogP contribution is -2.21. The van der Waals surface area contributed by atoms with Gasteiger partial charge >= 0.3 is 0 Å². The minimum absolute atomic E-state index is 0.122. The second kappa shape index (κ2) is 7.32. The molecule has 0 bridgehead atoms. The number of hydrogen-bond donors (Lipinski definition) is 1. The van der Waals surface area contributed by atoms with Gasteiger partial charge < -0.3 is 5.32 Å². The van der Waals surface area contributed by atoms with Gasteiger partial charge in [0, 0.05) is 14.3 Å². The van der Waals surface area contributed by atoms with Gasteiger partial charge in [-0.2, -0.15) is 0 Å². The van der Waals surface area contributed by atoms with Crippen LogP contribution in [0, 0.1) is 0 Å². The first-order valence-electron chi connectivity index (χ1n) is 4.73. The largest absolute Gasteiger partial charge is 0.356 e. The molecule has 0 radical (unpaired) electrons. The molecule has 0 aromatic heterocycles. The van der Waals surface area contributed by atoms with Gasteiger partial charge in [0.25, 0.3) is 0 Å². The third kappa shape index (κ3) is 7.10. The second-order valence-electron chi connectivity index (χ2n) is 2.32. The minimum Gasteiger partial charge on any atom is -0.356 e. The lowest BCUT2D eigenvalue weighted by molar-refractivity contribution is -0.121. The van der Waals surface area contributed by atoms with Crippen molar-refractivity contribution >= 4 is 5.91 Å². The Kier molecular flexibility index (Phi) is 5.53. The summed E-state index contributed by atoms with van der Waals surface area (Å²) in [7, 11) is 0. The average Bonchev–Trinajstić information content (AvgIpc) is 2.05. The van der Waals surface area contributed by atoms with Crippen LogP contribution in [0.4, 0.5) is 0 Å². The summed E-state index contributed by atoms with van der Waals surface area (Å²) in [5, 5.41) is 2.74. The summed E-state index contributed by atoms with van der Waals surface area (Å²) in [6.07, 6.45) is 6.12. The van der Waals surface area contributed by atoms with E-state index in [1.807, 2.05) is 13.0 Å². The normalized spacial score (nSPS) is 11.5. The van der Waals surface area contributed by atoms with Crippen molar-refractivity contribution in [2.24, 2.45) is 0 Å². The van der Waals surface area contributed by atoms with Crippen molar-refractivity contribution in [3.05, 3.63) is 12.2 Å². The first-order valence-corrected chi connectivity index (χ1v) is 4.02. The molecule has 0 saturated heterocycles. The number of nitrogens with one attached hydrogen (secondary N) is 1. The van der Waals surface area contributed by atoms with E-state index in [-0.39, 0.29) is 5.91 Å². The standard InChI is InChI=1S/C9H17NO/c1-3-5-6-7-8-9(11)10-4-2/h3,5H,4,6-8H2,1-2H3,(H,10,11)/b5-3-/i1D. The van der Waals surface area contributed by atoms with Gasteiger partial charge in [-0.25, -0.2) is 0 Å². The number of amides is 1. The summed E-state index contributed by atoms with van der Waals surface area (Å²) in [5.74, 6) is 0.122. The van der Waals surface area contributed by atoms with E-state index in [9.17, 15) is 4.79 Å². The van der Waals surface area contributed by atoms with E-state index in [4.69, 9.17) is 1.37 Å². The Morgan fingerprint density at radius 3 is 3.18 bits per heavy atom. The van der Waals surface area contributed by atoms with E-state index in [1.54, 1.807) is 6.08 Å². The van der Waals surface area contributed by atoms with Crippen LogP contribution in [0.1, 0.15) is 34.5 Å². The summed E-state index contributed by atoms with van der Waals surface area (Å²) in [5.41, 5.74) is 0. The van der Waals surface area contributed by atoms with E-state index in [2.05, 4.69) is 5.32 Å². The Morgan fingerprint density at radius 2 is 2.55 bits per heavy atom. The van der Waals surface area contributed by atoms with Gasteiger partial charge in [0.2, 0.25) is 5.91 Å². The molecule has 0 fully saturated rings. The van der Waals surface area contributed by atoms with Gasteiger partial charge in [-0.15, -0.1) is 0 Å². The van der Waals surface area contributed by atoms with Gasteiger partial charge in [-0.3, -0.25) is 4.79 Å². The zero-order chi connectivity index (χ0) is 9.23. The van der Waals surface area contributed by atoms with Crippen molar-refractivity contribution in [3.8, 4) is 0 Å². The Balaban J connectivity index is 3.19. The van der Waals surface area contributed by atoms with E-state index in [0.29, 0.717) is 19.9 Å². The van der Waals surface area contributed by atoms with Crippen LogP contribution in [-0.2, 0) is 4.79 Å². The molecule has 64 valence electrons. The molecule has 2 heteroatoms. The molecular formula is C9H17NO. The molecule has 2 nitrogen and oxygen atoms in total. The van der Waals surface area contributed by atoms with Gasteiger partial charge in [-0.1, -0.05) is 12.2 Å². The number of carbonyl (C=O) groups excluding carboxylic acids is 1. The van der Waals surface area contributed by atoms with Crippen LogP contribution < -0.4 is 5.32 Å². The molecule has 0 rings (SSSR count). The van der Waals surface area contributed by atoms with Crippen LogP contribution in [0.3, 0.4) is 0 Å². The van der Waals surface area contributed by atoms with Gasteiger partial charge in [0.15, 0.2) is 0 Å². The molecule has 0 aromatic rings. The third-order valence-electron chi connectivity index (χ3n) is 1.32. The van der Waals surface area contributed by atoms with Crippen molar-refractivity contribution in [2.75, 3.05) is 6.54 Å². The van der Waals surface area contributed by atoms with Crippen molar-refractivity contribution in [1.82, 2.24) is 5.32 Å². The zero-order valence-electron chi connectivity index (χ0n) is 8.10. The molecule has 0 aliphatic carbocycles. The fourth-order valence-electron chi connectivity index (χ4n) is 0.784. The summed E-state index contributed by atoms with van der Waals surface area (Å²) in [6, 6.07) is 0. The van der Waals surface area contributed by atoms with Crippen LogP contribution in [0.15, 0.2) is 12.2 Å². The molecule has 0 aliphatic heterocycles. The van der Waals surface area contributed by atoms with Gasteiger partial charge in [0.05, 0.1) is 0 Å². The van der Waals surface area contributed by atoms with Crippen molar-refractivity contribution < 1.29 is 6.17 Å². The molecule has 0 heterocycles. The second-order valence-corrected chi connectivity index (χ2v) is 2.32. The van der Waals surface area contributed by atoms with Crippen molar-refractivity contribution in [2.45, 2.75) is 33.1 Å². The first-order chi connectivity index (χ1) is 5.81. The van der Waals surface area contributed by atoms with Gasteiger partial charge in [-0.05, 0) is 26.7 Å².